The van der Waals surface area contributed by atoms with Crippen LogP contribution in [0.4, 0.5) is 5.69 Å². The molecule has 1 aliphatic heterocycles. The van der Waals surface area contributed by atoms with Gasteiger partial charge in [-0.15, -0.1) is 0 Å². The zero-order valence-electron chi connectivity index (χ0n) is 13.0. The Hall–Kier alpha value is -1.88. The molecule has 1 heterocycles. The fraction of sp³-hybridized carbons (Fsp3) is 0.500. The molecule has 5 heteroatoms. The SMILES string of the molecule is Cc1cc(C)cc(NC(=O)C(=O)N2C(C)COCC2C)c1. The lowest BCUT2D eigenvalue weighted by Gasteiger charge is -2.38. The minimum atomic E-state index is -0.597. The number of hydrogen-bond donors (Lipinski definition) is 1. The van der Waals surface area contributed by atoms with E-state index in [1.807, 2.05) is 45.9 Å². The van der Waals surface area contributed by atoms with Gasteiger partial charge in [-0.2, -0.15) is 0 Å². The molecule has 1 aromatic carbocycles. The first-order valence-electron chi connectivity index (χ1n) is 7.18. The van der Waals surface area contributed by atoms with Gasteiger partial charge in [0, 0.05) is 5.69 Å². The summed E-state index contributed by atoms with van der Waals surface area (Å²) < 4.78 is 5.38. The molecular formula is C16H22N2O3. The summed E-state index contributed by atoms with van der Waals surface area (Å²) in [5.41, 5.74) is 2.75. The third-order valence-electron chi connectivity index (χ3n) is 3.58. The maximum Gasteiger partial charge on any atom is 0.313 e. The molecule has 0 bridgehead atoms. The summed E-state index contributed by atoms with van der Waals surface area (Å²) in [5.74, 6) is -1.10. The van der Waals surface area contributed by atoms with Crippen LogP contribution in [0.2, 0.25) is 0 Å². The Morgan fingerprint density at radius 2 is 1.62 bits per heavy atom. The largest absolute Gasteiger partial charge is 0.377 e. The first kappa shape index (κ1) is 15.5. The minimum absolute atomic E-state index is 0.0914. The topological polar surface area (TPSA) is 58.6 Å². The van der Waals surface area contributed by atoms with Crippen molar-refractivity contribution in [1.29, 1.82) is 0 Å². The molecule has 1 aromatic rings. The first-order chi connectivity index (χ1) is 9.88. The molecule has 0 aliphatic carbocycles. The van der Waals surface area contributed by atoms with Gasteiger partial charge in [-0.1, -0.05) is 6.07 Å². The van der Waals surface area contributed by atoms with Crippen LogP contribution in [-0.4, -0.2) is 42.0 Å². The van der Waals surface area contributed by atoms with E-state index in [-0.39, 0.29) is 12.1 Å². The van der Waals surface area contributed by atoms with Crippen molar-refractivity contribution in [3.8, 4) is 0 Å². The minimum Gasteiger partial charge on any atom is -0.377 e. The van der Waals surface area contributed by atoms with E-state index in [0.717, 1.165) is 11.1 Å². The number of anilines is 1. The van der Waals surface area contributed by atoms with Gasteiger partial charge in [0.05, 0.1) is 25.3 Å². The Balaban J connectivity index is 2.10. The molecule has 5 nitrogen and oxygen atoms in total. The van der Waals surface area contributed by atoms with Gasteiger partial charge in [0.1, 0.15) is 0 Å². The quantitative estimate of drug-likeness (QED) is 0.803. The molecule has 1 N–H and O–H groups in total. The number of rotatable bonds is 1. The van der Waals surface area contributed by atoms with Crippen LogP contribution in [-0.2, 0) is 14.3 Å². The highest BCUT2D eigenvalue weighted by Gasteiger charge is 2.33. The molecule has 2 amide bonds. The second-order valence-electron chi connectivity index (χ2n) is 5.78. The molecular weight excluding hydrogens is 268 g/mol. The molecule has 0 radical (unpaired) electrons. The summed E-state index contributed by atoms with van der Waals surface area (Å²) in [6.07, 6.45) is 0. The summed E-state index contributed by atoms with van der Waals surface area (Å²) >= 11 is 0. The molecule has 0 saturated carbocycles. The molecule has 0 aromatic heterocycles. The molecule has 21 heavy (non-hydrogen) atoms. The van der Waals surface area contributed by atoms with Crippen molar-refractivity contribution in [2.24, 2.45) is 0 Å². The number of carbonyl (C=O) groups excluding carboxylic acids is 2. The highest BCUT2D eigenvalue weighted by atomic mass is 16.5. The van der Waals surface area contributed by atoms with Crippen LogP contribution < -0.4 is 5.32 Å². The lowest BCUT2D eigenvalue weighted by Crippen LogP contribution is -2.55. The number of carbonyl (C=O) groups is 2. The smallest absolute Gasteiger partial charge is 0.313 e. The van der Waals surface area contributed by atoms with Crippen LogP contribution >= 0.6 is 0 Å². The molecule has 114 valence electrons. The number of amides is 2. The van der Waals surface area contributed by atoms with E-state index in [4.69, 9.17) is 4.74 Å². The monoisotopic (exact) mass is 290 g/mol. The van der Waals surface area contributed by atoms with E-state index in [9.17, 15) is 9.59 Å². The second-order valence-corrected chi connectivity index (χ2v) is 5.78. The Morgan fingerprint density at radius 3 is 2.14 bits per heavy atom. The van der Waals surface area contributed by atoms with Crippen molar-refractivity contribution >= 4 is 17.5 Å². The van der Waals surface area contributed by atoms with Gasteiger partial charge in [0.25, 0.3) is 0 Å². The highest BCUT2D eigenvalue weighted by Crippen LogP contribution is 2.16. The number of benzene rings is 1. The molecule has 0 spiro atoms. The molecule has 2 rings (SSSR count). The number of ether oxygens (including phenoxy) is 1. The second kappa shape index (κ2) is 6.26. The Bertz CT molecular complexity index is 526. The molecule has 1 saturated heterocycles. The Morgan fingerprint density at radius 1 is 1.10 bits per heavy atom. The average molecular weight is 290 g/mol. The predicted octanol–water partition coefficient (Wildman–Crippen LogP) is 1.88. The van der Waals surface area contributed by atoms with Crippen LogP contribution in [0, 0.1) is 13.8 Å². The summed E-state index contributed by atoms with van der Waals surface area (Å²) in [7, 11) is 0. The van der Waals surface area contributed by atoms with Crippen LogP contribution in [0.3, 0.4) is 0 Å². The van der Waals surface area contributed by atoms with Gasteiger partial charge >= 0.3 is 11.8 Å². The maximum atomic E-state index is 12.4. The molecule has 1 aliphatic rings. The normalized spacial score (nSPS) is 22.0. The van der Waals surface area contributed by atoms with Gasteiger partial charge in [-0.25, -0.2) is 0 Å². The van der Waals surface area contributed by atoms with Crippen molar-refractivity contribution in [3.63, 3.8) is 0 Å². The number of nitrogens with one attached hydrogen (secondary N) is 1. The van der Waals surface area contributed by atoms with Crippen LogP contribution in [0.1, 0.15) is 25.0 Å². The van der Waals surface area contributed by atoms with Crippen LogP contribution in [0.25, 0.3) is 0 Å². The van der Waals surface area contributed by atoms with Gasteiger partial charge in [0.2, 0.25) is 0 Å². The van der Waals surface area contributed by atoms with Gasteiger partial charge in [-0.3, -0.25) is 9.59 Å². The van der Waals surface area contributed by atoms with E-state index >= 15 is 0 Å². The van der Waals surface area contributed by atoms with E-state index in [0.29, 0.717) is 18.9 Å². The average Bonchev–Trinajstić information content (AvgIpc) is 2.36. The van der Waals surface area contributed by atoms with Crippen molar-refractivity contribution < 1.29 is 14.3 Å². The first-order valence-corrected chi connectivity index (χ1v) is 7.18. The van der Waals surface area contributed by atoms with Gasteiger partial charge in [-0.05, 0) is 51.0 Å². The van der Waals surface area contributed by atoms with E-state index in [2.05, 4.69) is 5.32 Å². The van der Waals surface area contributed by atoms with E-state index in [1.54, 1.807) is 4.90 Å². The van der Waals surface area contributed by atoms with Crippen molar-refractivity contribution in [2.45, 2.75) is 39.8 Å². The standard InChI is InChI=1S/C16H22N2O3/c1-10-5-11(2)7-14(6-10)17-15(19)16(20)18-12(3)8-21-9-13(18)4/h5-7,12-13H,8-9H2,1-4H3,(H,17,19). The Labute approximate surface area is 125 Å². The van der Waals surface area contributed by atoms with Gasteiger partial charge in [0.15, 0.2) is 0 Å². The third-order valence-corrected chi connectivity index (χ3v) is 3.58. The number of nitrogens with zero attached hydrogens (tertiary/aromatic N) is 1. The number of hydrogen-bond acceptors (Lipinski definition) is 3. The summed E-state index contributed by atoms with van der Waals surface area (Å²) in [6.45, 7) is 8.61. The molecule has 2 unspecified atom stereocenters. The summed E-state index contributed by atoms with van der Waals surface area (Å²) in [4.78, 5) is 26.1. The van der Waals surface area contributed by atoms with Crippen molar-refractivity contribution in [2.75, 3.05) is 18.5 Å². The predicted molar refractivity (Wildman–Crippen MR) is 81.1 cm³/mol. The van der Waals surface area contributed by atoms with Crippen molar-refractivity contribution in [3.05, 3.63) is 29.3 Å². The maximum absolute atomic E-state index is 12.4. The summed E-state index contributed by atoms with van der Waals surface area (Å²) in [6, 6.07) is 5.54. The zero-order valence-corrected chi connectivity index (χ0v) is 13.0. The fourth-order valence-corrected chi connectivity index (χ4v) is 2.75. The van der Waals surface area contributed by atoms with E-state index in [1.165, 1.54) is 0 Å². The lowest BCUT2D eigenvalue weighted by atomic mass is 10.1. The number of aryl methyl sites for hydroxylation is 2. The third kappa shape index (κ3) is 3.61. The van der Waals surface area contributed by atoms with Crippen molar-refractivity contribution in [1.82, 2.24) is 4.90 Å². The van der Waals surface area contributed by atoms with E-state index < -0.39 is 11.8 Å². The zero-order chi connectivity index (χ0) is 15.6. The van der Waals surface area contributed by atoms with Gasteiger partial charge < -0.3 is 15.0 Å². The fourth-order valence-electron chi connectivity index (χ4n) is 2.75. The highest BCUT2D eigenvalue weighted by molar-refractivity contribution is 6.39. The Kier molecular flexibility index (Phi) is 4.63. The summed E-state index contributed by atoms with van der Waals surface area (Å²) in [5, 5.41) is 2.69. The van der Waals surface area contributed by atoms with Crippen LogP contribution in [0.5, 0.6) is 0 Å². The molecule has 1 fully saturated rings. The number of morpholine rings is 1. The molecule has 2 atom stereocenters. The lowest BCUT2D eigenvalue weighted by molar-refractivity contribution is -0.152. The van der Waals surface area contributed by atoms with Crippen LogP contribution in [0.15, 0.2) is 18.2 Å².